The molecular formula is C17H30N4O. The zero-order valence-electron chi connectivity index (χ0n) is 14.5. The minimum absolute atomic E-state index is 0.440. The van der Waals surface area contributed by atoms with Gasteiger partial charge in [-0.05, 0) is 26.1 Å². The van der Waals surface area contributed by atoms with E-state index in [-0.39, 0.29) is 0 Å². The first-order valence-corrected chi connectivity index (χ1v) is 8.66. The number of rotatable bonds is 6. The standard InChI is InChI=1S/C17H30N4O/c1-5-20(6-2)8-14-12-22-17-11-21(10-16(14)17)9-15-7-13(3)18-19(15)4/h7,14,16-17H,5-6,8-12H2,1-4H3/t14-,16-,17-/m0/s1. The summed E-state index contributed by atoms with van der Waals surface area (Å²) in [6.45, 7) is 14.2. The van der Waals surface area contributed by atoms with Crippen molar-refractivity contribution >= 4 is 0 Å². The van der Waals surface area contributed by atoms with Gasteiger partial charge < -0.3 is 9.64 Å². The smallest absolute Gasteiger partial charge is 0.0746 e. The van der Waals surface area contributed by atoms with Crippen molar-refractivity contribution < 1.29 is 4.74 Å². The summed E-state index contributed by atoms with van der Waals surface area (Å²) in [4.78, 5) is 5.07. The molecule has 5 nitrogen and oxygen atoms in total. The lowest BCUT2D eigenvalue weighted by Crippen LogP contribution is -2.34. The molecule has 124 valence electrons. The van der Waals surface area contributed by atoms with Gasteiger partial charge in [0.15, 0.2) is 0 Å². The minimum Gasteiger partial charge on any atom is -0.376 e. The number of aromatic nitrogens is 2. The zero-order valence-corrected chi connectivity index (χ0v) is 14.5. The summed E-state index contributed by atoms with van der Waals surface area (Å²) >= 11 is 0. The van der Waals surface area contributed by atoms with Crippen LogP contribution in [-0.2, 0) is 18.3 Å². The minimum atomic E-state index is 0.440. The number of fused-ring (bicyclic) bond motifs is 1. The van der Waals surface area contributed by atoms with Gasteiger partial charge >= 0.3 is 0 Å². The van der Waals surface area contributed by atoms with Crippen molar-refractivity contribution in [3.63, 3.8) is 0 Å². The molecule has 0 radical (unpaired) electrons. The molecule has 0 spiro atoms. The van der Waals surface area contributed by atoms with Crippen LogP contribution in [-0.4, -0.2) is 65.0 Å². The fraction of sp³-hybridized carbons (Fsp3) is 0.824. The van der Waals surface area contributed by atoms with Crippen LogP contribution in [0.2, 0.25) is 0 Å². The lowest BCUT2D eigenvalue weighted by molar-refractivity contribution is 0.0904. The predicted molar refractivity (Wildman–Crippen MR) is 87.7 cm³/mol. The Morgan fingerprint density at radius 2 is 2.09 bits per heavy atom. The van der Waals surface area contributed by atoms with Gasteiger partial charge in [0.2, 0.25) is 0 Å². The Labute approximate surface area is 134 Å². The van der Waals surface area contributed by atoms with E-state index >= 15 is 0 Å². The molecule has 0 aromatic carbocycles. The normalized spacial score (nSPS) is 28.7. The second-order valence-electron chi connectivity index (χ2n) is 6.88. The topological polar surface area (TPSA) is 33.5 Å². The molecule has 0 N–H and O–H groups in total. The molecule has 5 heteroatoms. The molecule has 0 aliphatic carbocycles. The van der Waals surface area contributed by atoms with Crippen molar-refractivity contribution in [1.82, 2.24) is 19.6 Å². The predicted octanol–water partition coefficient (Wildman–Crippen LogP) is 1.52. The number of nitrogens with zero attached hydrogens (tertiary/aromatic N) is 4. The molecule has 3 atom stereocenters. The van der Waals surface area contributed by atoms with Crippen molar-refractivity contribution in [1.29, 1.82) is 0 Å². The van der Waals surface area contributed by atoms with Crippen LogP contribution in [0.5, 0.6) is 0 Å². The maximum Gasteiger partial charge on any atom is 0.0746 e. The van der Waals surface area contributed by atoms with Crippen LogP contribution >= 0.6 is 0 Å². The van der Waals surface area contributed by atoms with Crippen molar-refractivity contribution in [3.8, 4) is 0 Å². The van der Waals surface area contributed by atoms with Gasteiger partial charge in [-0.15, -0.1) is 0 Å². The van der Waals surface area contributed by atoms with E-state index in [0.29, 0.717) is 17.9 Å². The Balaban J connectivity index is 1.58. The SMILES string of the molecule is CCN(CC)C[C@H]1CO[C@H]2CN(Cc3cc(C)nn3C)C[C@@H]12. The molecule has 2 aliphatic rings. The average Bonchev–Trinajstić information content (AvgIpc) is 3.13. The second kappa shape index (κ2) is 6.69. The van der Waals surface area contributed by atoms with E-state index in [1.54, 1.807) is 0 Å². The molecule has 2 saturated heterocycles. The van der Waals surface area contributed by atoms with E-state index < -0.39 is 0 Å². The third kappa shape index (κ3) is 3.21. The Kier molecular flexibility index (Phi) is 4.85. The number of likely N-dealkylation sites (tertiary alicyclic amines) is 1. The quantitative estimate of drug-likeness (QED) is 0.798. The van der Waals surface area contributed by atoms with Gasteiger partial charge in [0, 0.05) is 45.1 Å². The number of hydrogen-bond donors (Lipinski definition) is 0. The first kappa shape index (κ1) is 16.0. The molecule has 3 heterocycles. The molecule has 0 bridgehead atoms. The average molecular weight is 306 g/mol. The Morgan fingerprint density at radius 1 is 1.32 bits per heavy atom. The summed E-state index contributed by atoms with van der Waals surface area (Å²) in [5, 5.41) is 4.45. The molecule has 22 heavy (non-hydrogen) atoms. The van der Waals surface area contributed by atoms with Crippen LogP contribution in [0.3, 0.4) is 0 Å². The number of aryl methyl sites for hydroxylation is 2. The third-order valence-electron chi connectivity index (χ3n) is 5.39. The first-order valence-electron chi connectivity index (χ1n) is 8.66. The lowest BCUT2D eigenvalue weighted by atomic mass is 9.92. The molecule has 0 amide bonds. The highest BCUT2D eigenvalue weighted by Gasteiger charge is 2.44. The fourth-order valence-corrected chi connectivity index (χ4v) is 4.05. The van der Waals surface area contributed by atoms with Crippen molar-refractivity contribution in [2.75, 3.05) is 39.3 Å². The van der Waals surface area contributed by atoms with Crippen molar-refractivity contribution in [3.05, 3.63) is 17.5 Å². The van der Waals surface area contributed by atoms with Crippen LogP contribution < -0.4 is 0 Å². The van der Waals surface area contributed by atoms with Crippen LogP contribution in [0, 0.1) is 18.8 Å². The largest absolute Gasteiger partial charge is 0.376 e. The van der Waals surface area contributed by atoms with Gasteiger partial charge in [-0.25, -0.2) is 0 Å². The maximum atomic E-state index is 6.09. The number of ether oxygens (including phenoxy) is 1. The lowest BCUT2D eigenvalue weighted by Gasteiger charge is -2.25. The highest BCUT2D eigenvalue weighted by atomic mass is 16.5. The van der Waals surface area contributed by atoms with E-state index in [0.717, 1.165) is 38.5 Å². The third-order valence-corrected chi connectivity index (χ3v) is 5.39. The highest BCUT2D eigenvalue weighted by molar-refractivity contribution is 5.09. The highest BCUT2D eigenvalue weighted by Crippen LogP contribution is 2.34. The van der Waals surface area contributed by atoms with E-state index in [9.17, 15) is 0 Å². The first-order chi connectivity index (χ1) is 10.6. The second-order valence-corrected chi connectivity index (χ2v) is 6.88. The van der Waals surface area contributed by atoms with Crippen LogP contribution in [0.4, 0.5) is 0 Å². The molecule has 2 aliphatic heterocycles. The van der Waals surface area contributed by atoms with Crippen LogP contribution in [0.1, 0.15) is 25.2 Å². The van der Waals surface area contributed by atoms with Crippen LogP contribution in [0.15, 0.2) is 6.07 Å². The molecule has 1 aromatic heterocycles. The van der Waals surface area contributed by atoms with E-state index in [1.807, 2.05) is 11.7 Å². The van der Waals surface area contributed by atoms with Gasteiger partial charge in [0.1, 0.15) is 0 Å². The summed E-state index contributed by atoms with van der Waals surface area (Å²) in [5.41, 5.74) is 2.41. The van der Waals surface area contributed by atoms with Crippen molar-refractivity contribution in [2.24, 2.45) is 18.9 Å². The Bertz CT molecular complexity index is 497. The molecular weight excluding hydrogens is 276 g/mol. The van der Waals surface area contributed by atoms with Crippen LogP contribution in [0.25, 0.3) is 0 Å². The van der Waals surface area contributed by atoms with Gasteiger partial charge in [0.05, 0.1) is 24.1 Å². The summed E-state index contributed by atoms with van der Waals surface area (Å²) in [6.07, 6.45) is 0.440. The van der Waals surface area contributed by atoms with Gasteiger partial charge in [-0.2, -0.15) is 5.10 Å². The zero-order chi connectivity index (χ0) is 15.7. The van der Waals surface area contributed by atoms with Gasteiger partial charge in [-0.1, -0.05) is 13.8 Å². The van der Waals surface area contributed by atoms with Gasteiger partial charge in [0.25, 0.3) is 0 Å². The summed E-state index contributed by atoms with van der Waals surface area (Å²) in [7, 11) is 2.04. The van der Waals surface area contributed by atoms with Gasteiger partial charge in [-0.3, -0.25) is 9.58 Å². The summed E-state index contributed by atoms with van der Waals surface area (Å²) in [6, 6.07) is 2.20. The van der Waals surface area contributed by atoms with E-state index in [4.69, 9.17) is 4.74 Å². The molecule has 3 rings (SSSR count). The maximum absolute atomic E-state index is 6.09. The van der Waals surface area contributed by atoms with E-state index in [1.165, 1.54) is 18.8 Å². The molecule has 0 unspecified atom stereocenters. The Morgan fingerprint density at radius 3 is 2.73 bits per heavy atom. The van der Waals surface area contributed by atoms with E-state index in [2.05, 4.69) is 41.7 Å². The van der Waals surface area contributed by atoms with Crippen molar-refractivity contribution in [2.45, 2.75) is 33.4 Å². The Hall–Kier alpha value is -0.910. The fourth-order valence-electron chi connectivity index (χ4n) is 4.05. The monoisotopic (exact) mass is 306 g/mol. The molecule has 0 saturated carbocycles. The molecule has 1 aromatic rings. The number of hydrogen-bond acceptors (Lipinski definition) is 4. The summed E-state index contributed by atoms with van der Waals surface area (Å²) < 4.78 is 8.10. The molecule has 2 fully saturated rings. The summed E-state index contributed by atoms with van der Waals surface area (Å²) in [5.74, 6) is 1.40.